The van der Waals surface area contributed by atoms with Gasteiger partial charge in [-0.15, -0.1) is 0 Å². The van der Waals surface area contributed by atoms with Gasteiger partial charge in [0.1, 0.15) is 34.9 Å². The Morgan fingerprint density at radius 3 is 2.74 bits per heavy atom. The molecular formula is C33H37F3N6O4. The molecule has 0 aliphatic carbocycles. The molecule has 3 atom stereocenters. The number of rotatable bonds is 7. The zero-order chi connectivity index (χ0) is 32.6. The van der Waals surface area contributed by atoms with Crippen LogP contribution in [0.25, 0.3) is 11.0 Å². The number of carbonyl (C=O) groups excluding carboxylic acids is 1. The molecule has 13 heteroatoms. The van der Waals surface area contributed by atoms with E-state index in [4.69, 9.17) is 14.2 Å². The Labute approximate surface area is 264 Å². The number of likely N-dealkylation sites (N-methyl/N-ethyl adjacent to an activating group) is 1. The zero-order valence-corrected chi connectivity index (χ0v) is 26.1. The Balaban J connectivity index is 1.18. The molecular weight excluding hydrogens is 601 g/mol. The van der Waals surface area contributed by atoms with Crippen LogP contribution in [0.3, 0.4) is 0 Å². The van der Waals surface area contributed by atoms with Crippen molar-refractivity contribution in [2.75, 3.05) is 38.6 Å². The first-order chi connectivity index (χ1) is 22.0. The predicted molar refractivity (Wildman–Crippen MR) is 166 cm³/mol. The first kappa shape index (κ1) is 31.6. The van der Waals surface area contributed by atoms with E-state index in [0.29, 0.717) is 50.6 Å². The van der Waals surface area contributed by atoms with Gasteiger partial charge >= 0.3 is 12.2 Å². The second kappa shape index (κ2) is 12.8. The van der Waals surface area contributed by atoms with Crippen LogP contribution in [-0.4, -0.2) is 76.3 Å². The first-order valence-corrected chi connectivity index (χ1v) is 15.4. The van der Waals surface area contributed by atoms with Crippen molar-refractivity contribution >= 4 is 22.8 Å². The number of likely N-dealkylation sites (tertiary alicyclic amines) is 1. The Morgan fingerprint density at radius 1 is 1.13 bits per heavy atom. The van der Waals surface area contributed by atoms with Gasteiger partial charge in [-0.2, -0.15) is 13.2 Å². The average Bonchev–Trinajstić information content (AvgIpc) is 3.40. The first-order valence-electron chi connectivity index (χ1n) is 15.4. The number of fused-ring (bicyclic) bond motifs is 2. The van der Waals surface area contributed by atoms with Crippen LogP contribution in [0.5, 0.6) is 17.4 Å². The minimum absolute atomic E-state index is 0.0759. The Morgan fingerprint density at radius 2 is 1.96 bits per heavy atom. The van der Waals surface area contributed by atoms with Crippen molar-refractivity contribution < 1.29 is 32.2 Å². The van der Waals surface area contributed by atoms with Gasteiger partial charge in [-0.3, -0.25) is 0 Å². The number of nitrogens with one attached hydrogen (secondary N) is 2. The van der Waals surface area contributed by atoms with Gasteiger partial charge in [0.25, 0.3) is 0 Å². The van der Waals surface area contributed by atoms with Crippen molar-refractivity contribution in [1.29, 1.82) is 0 Å². The van der Waals surface area contributed by atoms with Crippen LogP contribution in [0.15, 0.2) is 48.8 Å². The number of amides is 2. The molecule has 0 spiro atoms. The summed E-state index contributed by atoms with van der Waals surface area (Å²) in [7, 11) is 1.93. The number of ether oxygens (including phenoxy) is 3. The zero-order valence-electron chi connectivity index (χ0n) is 26.1. The van der Waals surface area contributed by atoms with Gasteiger partial charge in [0.2, 0.25) is 5.88 Å². The molecule has 2 aliphatic heterocycles. The van der Waals surface area contributed by atoms with Gasteiger partial charge < -0.3 is 34.3 Å². The van der Waals surface area contributed by atoms with Crippen LogP contribution in [0.1, 0.15) is 48.7 Å². The smallest absolute Gasteiger partial charge is 0.421 e. The number of H-pyrrole nitrogens is 1. The van der Waals surface area contributed by atoms with Gasteiger partial charge in [0.15, 0.2) is 0 Å². The van der Waals surface area contributed by atoms with Crippen LogP contribution in [-0.2, 0) is 17.3 Å². The Hall–Kier alpha value is -4.36. The Bertz CT molecular complexity index is 1730. The van der Waals surface area contributed by atoms with Crippen LogP contribution in [0.2, 0.25) is 0 Å². The van der Waals surface area contributed by atoms with E-state index in [9.17, 15) is 18.0 Å². The van der Waals surface area contributed by atoms with Crippen molar-refractivity contribution in [3.05, 3.63) is 71.2 Å². The molecule has 244 valence electrons. The van der Waals surface area contributed by atoms with Crippen LogP contribution in [0, 0.1) is 6.92 Å². The number of anilines is 1. The summed E-state index contributed by atoms with van der Waals surface area (Å²) in [5, 5.41) is 3.48. The summed E-state index contributed by atoms with van der Waals surface area (Å²) in [6, 6.07) is 9.52. The molecule has 0 saturated carbocycles. The molecule has 0 bridgehead atoms. The third-order valence-corrected chi connectivity index (χ3v) is 8.53. The lowest BCUT2D eigenvalue weighted by Crippen LogP contribution is -2.49. The number of halogens is 3. The van der Waals surface area contributed by atoms with E-state index in [0.717, 1.165) is 33.9 Å². The molecule has 10 nitrogen and oxygen atoms in total. The van der Waals surface area contributed by atoms with Gasteiger partial charge in [0.05, 0.1) is 23.3 Å². The molecule has 2 N–H and O–H groups in total. The van der Waals surface area contributed by atoms with E-state index < -0.39 is 29.8 Å². The number of aryl methyl sites for hydroxylation is 1. The fourth-order valence-corrected chi connectivity index (χ4v) is 6.20. The number of pyridine rings is 2. The molecule has 6 rings (SSSR count). The molecule has 3 aromatic heterocycles. The maximum Gasteiger partial charge on any atom is 0.421 e. The lowest BCUT2D eigenvalue weighted by atomic mass is 9.93. The second-order valence-electron chi connectivity index (χ2n) is 11.8. The van der Waals surface area contributed by atoms with E-state index >= 15 is 0 Å². The molecule has 1 fully saturated rings. The van der Waals surface area contributed by atoms with Gasteiger partial charge in [0, 0.05) is 38.1 Å². The third kappa shape index (κ3) is 6.61. The number of aromatic amines is 1. The topological polar surface area (TPSA) is 105 Å². The number of urea groups is 1. The molecule has 5 heterocycles. The predicted octanol–water partition coefficient (Wildman–Crippen LogP) is 6.72. The highest BCUT2D eigenvalue weighted by Crippen LogP contribution is 2.39. The number of aromatic nitrogens is 3. The summed E-state index contributed by atoms with van der Waals surface area (Å²) in [5.74, 6) is 0.723. The lowest BCUT2D eigenvalue weighted by Gasteiger charge is -2.36. The maximum atomic E-state index is 14.2. The number of hydrogen-bond donors (Lipinski definition) is 2. The number of hydrogen-bond acceptors (Lipinski definition) is 7. The summed E-state index contributed by atoms with van der Waals surface area (Å²) in [5.41, 5.74) is 2.53. The number of alkyl halides is 3. The van der Waals surface area contributed by atoms with Crippen molar-refractivity contribution in [2.24, 2.45) is 0 Å². The minimum atomic E-state index is -4.75. The normalized spacial score (nSPS) is 20.4. The quantitative estimate of drug-likeness (QED) is 0.232. The van der Waals surface area contributed by atoms with Gasteiger partial charge in [-0.05, 0) is 82.1 Å². The number of piperidine rings is 1. The molecule has 4 aromatic rings. The summed E-state index contributed by atoms with van der Waals surface area (Å²) in [6.07, 6.45) is -1.76. The molecule has 0 radical (unpaired) electrons. The fourth-order valence-electron chi connectivity index (χ4n) is 6.20. The minimum Gasteiger partial charge on any atom is -0.471 e. The molecule has 0 unspecified atom stereocenters. The lowest BCUT2D eigenvalue weighted by molar-refractivity contribution is -0.141. The standard InChI is InChI=1S/C33H37F3N6O4/c1-5-44-29-18-41(4)12-10-28(29)46-31-26(33(34,35)36)15-22(17-38-31)40-32(43)42-13-9-21-6-7-23(16-24(21)20(42)3)45-27-8-11-37-30-25(27)14-19(2)39-30/h6-8,11,14-17,20,28-29H,5,9-10,12-13,18H2,1-4H3,(H,37,39)(H,40,43)/t20-,28+,29-/m0/s1. The third-order valence-electron chi connectivity index (χ3n) is 8.53. The van der Waals surface area contributed by atoms with Crippen molar-refractivity contribution in [1.82, 2.24) is 24.8 Å². The summed E-state index contributed by atoms with van der Waals surface area (Å²) < 4.78 is 60.4. The van der Waals surface area contributed by atoms with E-state index in [2.05, 4.69) is 20.3 Å². The largest absolute Gasteiger partial charge is 0.471 e. The SMILES string of the molecule is CCO[C@H]1CN(C)CC[C@H]1Oc1ncc(NC(=O)N2CCc3ccc(Oc4ccnc5[nH]c(C)cc45)cc3[C@@H]2C)cc1C(F)(F)F. The second-order valence-corrected chi connectivity index (χ2v) is 11.8. The molecule has 1 aromatic carbocycles. The molecule has 1 saturated heterocycles. The van der Waals surface area contributed by atoms with Crippen molar-refractivity contribution in [3.8, 4) is 17.4 Å². The van der Waals surface area contributed by atoms with Crippen LogP contribution < -0.4 is 14.8 Å². The number of carbonyl (C=O) groups is 1. The van der Waals surface area contributed by atoms with Crippen LogP contribution in [0.4, 0.5) is 23.7 Å². The van der Waals surface area contributed by atoms with E-state index in [1.165, 1.54) is 6.20 Å². The monoisotopic (exact) mass is 638 g/mol. The van der Waals surface area contributed by atoms with Gasteiger partial charge in [-0.25, -0.2) is 14.8 Å². The van der Waals surface area contributed by atoms with E-state index in [-0.39, 0.29) is 17.8 Å². The fraction of sp³-hybridized carbons (Fsp3) is 0.424. The molecule has 2 aliphatic rings. The Kier molecular flexibility index (Phi) is 8.80. The van der Waals surface area contributed by atoms with E-state index in [1.54, 1.807) is 17.2 Å². The average molecular weight is 639 g/mol. The summed E-state index contributed by atoms with van der Waals surface area (Å²) in [6.45, 7) is 7.67. The van der Waals surface area contributed by atoms with Crippen LogP contribution >= 0.6 is 0 Å². The summed E-state index contributed by atoms with van der Waals surface area (Å²) >= 11 is 0. The summed E-state index contributed by atoms with van der Waals surface area (Å²) in [4.78, 5) is 28.6. The highest BCUT2D eigenvalue weighted by atomic mass is 19.4. The highest BCUT2D eigenvalue weighted by molar-refractivity contribution is 5.90. The van der Waals surface area contributed by atoms with Crippen molar-refractivity contribution in [3.63, 3.8) is 0 Å². The number of benzene rings is 1. The molecule has 2 amide bonds. The van der Waals surface area contributed by atoms with E-state index in [1.807, 2.05) is 57.0 Å². The highest BCUT2D eigenvalue weighted by Gasteiger charge is 2.39. The molecule has 46 heavy (non-hydrogen) atoms. The number of nitrogens with zero attached hydrogens (tertiary/aromatic N) is 4. The van der Waals surface area contributed by atoms with Crippen molar-refractivity contribution in [2.45, 2.75) is 58.0 Å². The van der Waals surface area contributed by atoms with Gasteiger partial charge in [-0.1, -0.05) is 6.07 Å². The maximum absolute atomic E-state index is 14.2.